The van der Waals surface area contributed by atoms with E-state index in [2.05, 4.69) is 11.3 Å². The summed E-state index contributed by atoms with van der Waals surface area (Å²) >= 11 is 0. The Hall–Kier alpha value is -3.08. The summed E-state index contributed by atoms with van der Waals surface area (Å²) in [5, 5.41) is 0. The van der Waals surface area contributed by atoms with Crippen LogP contribution in [-0.4, -0.2) is 16.1 Å². The lowest BCUT2D eigenvalue weighted by Crippen LogP contribution is -2.24. The highest BCUT2D eigenvalue weighted by Crippen LogP contribution is 2.38. The molecule has 0 atom stereocenters. The zero-order valence-electron chi connectivity index (χ0n) is 21.8. The monoisotopic (exact) mass is 488 g/mol. The van der Waals surface area contributed by atoms with Crippen molar-refractivity contribution in [2.24, 2.45) is 17.6 Å². The van der Waals surface area contributed by atoms with Crippen LogP contribution in [0.3, 0.4) is 0 Å². The summed E-state index contributed by atoms with van der Waals surface area (Å²) < 4.78 is 8.30. The molecule has 1 aromatic carbocycles. The molecule has 1 amide bonds. The number of benzene rings is 1. The first-order valence-corrected chi connectivity index (χ1v) is 13.7. The fourth-order valence-electron chi connectivity index (χ4n) is 5.89. The van der Waals surface area contributed by atoms with Gasteiger partial charge in [-0.1, -0.05) is 82.7 Å². The molecular weight excluding hydrogens is 448 g/mol. The number of nitrogens with two attached hydrogens (primary N) is 1. The van der Waals surface area contributed by atoms with Gasteiger partial charge in [-0.15, -0.1) is 0 Å². The first-order valence-electron chi connectivity index (χ1n) is 13.7. The molecule has 2 heterocycles. The number of rotatable bonds is 12. The summed E-state index contributed by atoms with van der Waals surface area (Å²) in [4.78, 5) is 25.2. The molecule has 5 nitrogen and oxygen atoms in total. The average molecular weight is 489 g/mol. The molecule has 2 N–H and O–H groups in total. The maximum absolute atomic E-state index is 13.1. The van der Waals surface area contributed by atoms with Crippen molar-refractivity contribution in [2.45, 2.75) is 84.7 Å². The third kappa shape index (κ3) is 5.83. The number of pyridine rings is 1. The minimum Gasteiger partial charge on any atom is -0.487 e. The maximum Gasteiger partial charge on any atom is 0.289 e. The smallest absolute Gasteiger partial charge is 0.289 e. The quantitative estimate of drug-likeness (QED) is 0.176. The molecule has 1 aliphatic rings. The van der Waals surface area contributed by atoms with Gasteiger partial charge in [-0.3, -0.25) is 9.59 Å². The van der Waals surface area contributed by atoms with Gasteiger partial charge in [-0.05, 0) is 60.8 Å². The number of primary amides is 1. The molecule has 0 radical (unpaired) electrons. The normalized spacial score (nSPS) is 17.8. The van der Waals surface area contributed by atoms with Crippen molar-refractivity contribution in [1.29, 1.82) is 0 Å². The number of nitrogens with zero attached hydrogens (tertiary/aromatic N) is 1. The molecule has 3 aromatic rings. The number of unbranched alkanes of at least 4 members (excludes halogenated alkanes) is 2. The molecule has 1 fully saturated rings. The van der Waals surface area contributed by atoms with Gasteiger partial charge < -0.3 is 14.9 Å². The van der Waals surface area contributed by atoms with Gasteiger partial charge in [0.25, 0.3) is 11.7 Å². The molecule has 0 unspecified atom stereocenters. The third-order valence-corrected chi connectivity index (χ3v) is 7.84. The number of amides is 1. The van der Waals surface area contributed by atoms with Gasteiger partial charge >= 0.3 is 0 Å². The summed E-state index contributed by atoms with van der Waals surface area (Å²) in [7, 11) is 0. The minimum absolute atomic E-state index is 0.384. The van der Waals surface area contributed by atoms with Gasteiger partial charge in [0.1, 0.15) is 12.4 Å². The number of aromatic nitrogens is 1. The van der Waals surface area contributed by atoms with Gasteiger partial charge in [0.2, 0.25) is 0 Å². The van der Waals surface area contributed by atoms with E-state index in [9.17, 15) is 9.59 Å². The fraction of sp³-hybridized carbons (Fsp3) is 0.484. The Bertz CT molecular complexity index is 1170. The Morgan fingerprint density at radius 1 is 0.972 bits per heavy atom. The topological polar surface area (TPSA) is 73.8 Å². The molecule has 1 aliphatic carbocycles. The first-order chi connectivity index (χ1) is 17.5. The van der Waals surface area contributed by atoms with E-state index in [1.54, 1.807) is 0 Å². The van der Waals surface area contributed by atoms with E-state index in [1.807, 2.05) is 55.6 Å². The molecule has 192 valence electrons. The van der Waals surface area contributed by atoms with Crippen molar-refractivity contribution < 1.29 is 14.3 Å². The number of ketones is 1. The third-order valence-electron chi connectivity index (χ3n) is 7.84. The van der Waals surface area contributed by atoms with Crippen molar-refractivity contribution in [3.05, 3.63) is 71.0 Å². The van der Waals surface area contributed by atoms with Crippen molar-refractivity contribution >= 4 is 17.2 Å². The molecule has 5 heteroatoms. The number of Topliss-reactive ketones (excluding diaryl/α,β-unsaturated/α-hetero) is 1. The SMILES string of the molecule is CCCCCC1CCC(Cc2c(CC)c(C(=O)C(N)=O)c3c(OCc4ccccc4)cccn23)CC1. The molecule has 1 saturated carbocycles. The predicted molar refractivity (Wildman–Crippen MR) is 144 cm³/mol. The Morgan fingerprint density at radius 3 is 2.36 bits per heavy atom. The lowest BCUT2D eigenvalue weighted by atomic mass is 9.77. The Balaban J connectivity index is 1.64. The van der Waals surface area contributed by atoms with Crippen LogP contribution in [0.2, 0.25) is 0 Å². The van der Waals surface area contributed by atoms with E-state index < -0.39 is 11.7 Å². The number of fused-ring (bicyclic) bond motifs is 1. The zero-order chi connectivity index (χ0) is 25.5. The van der Waals surface area contributed by atoms with Gasteiger partial charge in [0.15, 0.2) is 0 Å². The van der Waals surface area contributed by atoms with Gasteiger partial charge in [-0.25, -0.2) is 0 Å². The number of carbonyl (C=O) groups is 2. The highest BCUT2D eigenvalue weighted by atomic mass is 16.5. The summed E-state index contributed by atoms with van der Waals surface area (Å²) in [5.41, 5.74) is 9.69. The highest BCUT2D eigenvalue weighted by molar-refractivity contribution is 6.44. The molecular formula is C31H40N2O3. The lowest BCUT2D eigenvalue weighted by molar-refractivity contribution is -0.114. The van der Waals surface area contributed by atoms with Crippen LogP contribution in [0, 0.1) is 11.8 Å². The van der Waals surface area contributed by atoms with E-state index in [4.69, 9.17) is 10.5 Å². The van der Waals surface area contributed by atoms with Crippen LogP contribution in [0.1, 0.15) is 92.4 Å². The highest BCUT2D eigenvalue weighted by Gasteiger charge is 2.30. The van der Waals surface area contributed by atoms with Crippen LogP contribution >= 0.6 is 0 Å². The van der Waals surface area contributed by atoms with Crippen LogP contribution in [-0.2, 0) is 24.2 Å². The van der Waals surface area contributed by atoms with Crippen LogP contribution in [0.5, 0.6) is 5.75 Å². The molecule has 0 spiro atoms. The van der Waals surface area contributed by atoms with Crippen molar-refractivity contribution in [3.63, 3.8) is 0 Å². The standard InChI is InChI=1S/C31H40N2O3/c1-3-5-7-11-22-15-17-23(18-16-22)20-26-25(4-2)28(30(34)31(32)35)29-27(14-10-19-33(26)29)36-21-24-12-8-6-9-13-24/h6,8-10,12-14,19,22-23H,3-5,7,11,15-18,20-21H2,1-2H3,(H2,32,35). The largest absolute Gasteiger partial charge is 0.487 e. The molecule has 2 aromatic heterocycles. The second-order valence-electron chi connectivity index (χ2n) is 10.3. The van der Waals surface area contributed by atoms with Crippen LogP contribution in [0.4, 0.5) is 0 Å². The van der Waals surface area contributed by atoms with Crippen LogP contribution in [0.15, 0.2) is 48.7 Å². The second-order valence-corrected chi connectivity index (χ2v) is 10.3. The number of ether oxygens (including phenoxy) is 1. The van der Waals surface area contributed by atoms with Crippen molar-refractivity contribution in [2.75, 3.05) is 0 Å². The second kappa shape index (κ2) is 12.2. The Morgan fingerprint density at radius 2 is 1.69 bits per heavy atom. The molecule has 36 heavy (non-hydrogen) atoms. The molecule has 0 saturated heterocycles. The minimum atomic E-state index is -0.922. The first kappa shape index (κ1) is 26.0. The zero-order valence-corrected chi connectivity index (χ0v) is 21.8. The predicted octanol–water partition coefficient (Wildman–Crippen LogP) is 6.68. The number of hydrogen-bond donors (Lipinski definition) is 1. The number of hydrogen-bond acceptors (Lipinski definition) is 3. The number of carbonyl (C=O) groups excluding carboxylic acids is 2. The van der Waals surface area contributed by atoms with E-state index in [0.717, 1.165) is 29.2 Å². The fourth-order valence-corrected chi connectivity index (χ4v) is 5.89. The van der Waals surface area contributed by atoms with Crippen LogP contribution in [0.25, 0.3) is 5.52 Å². The van der Waals surface area contributed by atoms with E-state index >= 15 is 0 Å². The summed E-state index contributed by atoms with van der Waals surface area (Å²) in [6.45, 7) is 4.69. The van der Waals surface area contributed by atoms with Gasteiger partial charge in [-0.2, -0.15) is 0 Å². The van der Waals surface area contributed by atoms with Crippen molar-refractivity contribution in [3.8, 4) is 5.75 Å². The van der Waals surface area contributed by atoms with Crippen LogP contribution < -0.4 is 10.5 Å². The summed E-state index contributed by atoms with van der Waals surface area (Å²) in [5.74, 6) is 0.487. The van der Waals surface area contributed by atoms with E-state index in [-0.39, 0.29) is 0 Å². The maximum atomic E-state index is 13.1. The average Bonchev–Trinajstić information content (AvgIpc) is 3.22. The van der Waals surface area contributed by atoms with E-state index in [0.29, 0.717) is 35.8 Å². The Kier molecular flexibility index (Phi) is 8.84. The van der Waals surface area contributed by atoms with Gasteiger partial charge in [0.05, 0.1) is 11.1 Å². The van der Waals surface area contributed by atoms with E-state index in [1.165, 1.54) is 51.4 Å². The van der Waals surface area contributed by atoms with Crippen molar-refractivity contribution in [1.82, 2.24) is 4.40 Å². The lowest BCUT2D eigenvalue weighted by Gasteiger charge is -2.29. The Labute approximate surface area is 215 Å². The van der Waals surface area contributed by atoms with Gasteiger partial charge in [0, 0.05) is 11.9 Å². The molecule has 0 aliphatic heterocycles. The summed E-state index contributed by atoms with van der Waals surface area (Å²) in [6, 6.07) is 13.8. The molecule has 4 rings (SSSR count). The molecule has 0 bridgehead atoms. The summed E-state index contributed by atoms with van der Waals surface area (Å²) in [6.07, 6.45) is 13.9.